The average molecular weight is 486 g/mol. The monoisotopic (exact) mass is 485 g/mol. The number of allylic oxidation sites excluding steroid dienone is 8. The Morgan fingerprint density at radius 2 is 1.94 bits per heavy atom. The van der Waals surface area contributed by atoms with Gasteiger partial charge in [0.2, 0.25) is 0 Å². The summed E-state index contributed by atoms with van der Waals surface area (Å²) in [6.45, 7) is 1.41. The molecule has 1 atom stereocenters. The Morgan fingerprint density at radius 3 is 2.67 bits per heavy atom. The van der Waals surface area contributed by atoms with Crippen molar-refractivity contribution in [2.75, 3.05) is 19.6 Å². The van der Waals surface area contributed by atoms with Gasteiger partial charge in [-0.25, -0.2) is 4.39 Å². The molecule has 3 fully saturated rings. The Balaban J connectivity index is 1.10. The number of carbonyl (C=O) groups is 2. The lowest BCUT2D eigenvalue weighted by Gasteiger charge is -2.42. The van der Waals surface area contributed by atoms with E-state index in [9.17, 15) is 14.7 Å². The second-order valence-corrected chi connectivity index (χ2v) is 11.1. The van der Waals surface area contributed by atoms with Gasteiger partial charge in [-0.05, 0) is 60.9 Å². The van der Waals surface area contributed by atoms with Crippen molar-refractivity contribution in [3.05, 3.63) is 77.2 Å². The summed E-state index contributed by atoms with van der Waals surface area (Å²) in [5.41, 5.74) is 1.66. The molecule has 4 aliphatic carbocycles. The fourth-order valence-corrected chi connectivity index (χ4v) is 5.79. The van der Waals surface area contributed by atoms with Crippen LogP contribution in [0.25, 0.3) is 5.57 Å². The molecule has 6 nitrogen and oxygen atoms in total. The van der Waals surface area contributed by atoms with E-state index in [0.29, 0.717) is 62.6 Å². The van der Waals surface area contributed by atoms with Crippen LogP contribution < -0.4 is 0 Å². The highest BCUT2D eigenvalue weighted by atomic mass is 19.1. The Hall–Kier alpha value is -3.32. The predicted octanol–water partition coefficient (Wildman–Crippen LogP) is 3.39. The maximum atomic E-state index is 15.5. The van der Waals surface area contributed by atoms with E-state index in [-0.39, 0.29) is 23.5 Å². The minimum atomic E-state index is -1.17. The fourth-order valence-electron chi connectivity index (χ4n) is 5.79. The minimum Gasteiger partial charge on any atom is -0.380 e. The standard InChI is InChI=1S/C29H28FN3O3/c30-24-14-22(21-6-5-19-3-1-2-4-20(19)13-21)7-8-23(24)25-31-28(9-10-28)26(34)33(25)17-18-15-32(16-18)27(35)29(36)11-12-29/h1-8,14,18,20,36H,9-13,15-17H2. The molecule has 0 bridgehead atoms. The van der Waals surface area contributed by atoms with Crippen molar-refractivity contribution in [1.29, 1.82) is 0 Å². The van der Waals surface area contributed by atoms with Gasteiger partial charge in [0, 0.05) is 31.5 Å². The van der Waals surface area contributed by atoms with Crippen molar-refractivity contribution in [3.63, 3.8) is 0 Å². The number of benzene rings is 1. The van der Waals surface area contributed by atoms with Crippen molar-refractivity contribution in [2.24, 2.45) is 16.8 Å². The molecule has 184 valence electrons. The number of hydrogen-bond donors (Lipinski definition) is 1. The van der Waals surface area contributed by atoms with Crippen LogP contribution in [0, 0.1) is 17.7 Å². The Labute approximate surface area is 209 Å². The second kappa shape index (κ2) is 7.59. The maximum absolute atomic E-state index is 15.5. The fraction of sp³-hybridized carbons (Fsp3) is 0.414. The molecule has 0 aromatic heterocycles. The zero-order valence-corrected chi connectivity index (χ0v) is 20.0. The molecule has 1 aromatic rings. The molecule has 2 heterocycles. The minimum absolute atomic E-state index is 0.0589. The Kier molecular flexibility index (Phi) is 4.62. The van der Waals surface area contributed by atoms with Gasteiger partial charge in [-0.15, -0.1) is 0 Å². The third kappa shape index (κ3) is 3.44. The van der Waals surface area contributed by atoms with E-state index >= 15 is 4.39 Å². The molecule has 1 N–H and O–H groups in total. The van der Waals surface area contributed by atoms with Crippen LogP contribution in [-0.2, 0) is 9.59 Å². The predicted molar refractivity (Wildman–Crippen MR) is 133 cm³/mol. The van der Waals surface area contributed by atoms with E-state index in [2.05, 4.69) is 30.4 Å². The summed E-state index contributed by atoms with van der Waals surface area (Å²) in [4.78, 5) is 33.6. The summed E-state index contributed by atoms with van der Waals surface area (Å²) in [5.74, 6) is 0.169. The SMILES string of the molecule is O=C(N1CC(CN2C(=O)C3(CC3)N=C2c2ccc(C3=CC=C4C=CC=CC4C3)cc2F)C1)C1(O)CC1. The number of amides is 2. The molecule has 2 amide bonds. The van der Waals surface area contributed by atoms with Gasteiger partial charge in [0.15, 0.2) is 0 Å². The highest BCUT2D eigenvalue weighted by Gasteiger charge is 2.58. The van der Waals surface area contributed by atoms with Crippen molar-refractivity contribution in [2.45, 2.75) is 43.2 Å². The first-order valence-electron chi connectivity index (χ1n) is 12.8. The van der Waals surface area contributed by atoms with E-state index in [0.717, 1.165) is 17.6 Å². The third-order valence-corrected chi connectivity index (χ3v) is 8.42. The first-order chi connectivity index (χ1) is 17.4. The van der Waals surface area contributed by atoms with Crippen LogP contribution in [0.15, 0.2) is 65.2 Å². The smallest absolute Gasteiger partial charge is 0.256 e. The number of hydrogen-bond acceptors (Lipinski definition) is 4. The van der Waals surface area contributed by atoms with Crippen LogP contribution in [0.1, 0.15) is 43.2 Å². The van der Waals surface area contributed by atoms with Gasteiger partial charge in [0.25, 0.3) is 11.8 Å². The van der Waals surface area contributed by atoms with Gasteiger partial charge in [0.05, 0.1) is 5.56 Å². The molecule has 0 radical (unpaired) electrons. The summed E-state index contributed by atoms with van der Waals surface area (Å²) >= 11 is 0. The summed E-state index contributed by atoms with van der Waals surface area (Å²) < 4.78 is 15.5. The van der Waals surface area contributed by atoms with E-state index in [4.69, 9.17) is 4.99 Å². The highest BCUT2D eigenvalue weighted by Crippen LogP contribution is 2.47. The van der Waals surface area contributed by atoms with Crippen molar-refractivity contribution in [1.82, 2.24) is 9.80 Å². The molecule has 2 saturated carbocycles. The van der Waals surface area contributed by atoms with Crippen LogP contribution in [0.3, 0.4) is 0 Å². The van der Waals surface area contributed by atoms with Gasteiger partial charge in [0.1, 0.15) is 22.8 Å². The van der Waals surface area contributed by atoms with Crippen LogP contribution in [0.5, 0.6) is 0 Å². The number of amidine groups is 1. The highest BCUT2D eigenvalue weighted by molar-refractivity contribution is 6.16. The lowest BCUT2D eigenvalue weighted by molar-refractivity contribution is -0.149. The summed E-state index contributed by atoms with van der Waals surface area (Å²) in [7, 11) is 0. The Bertz CT molecular complexity index is 1340. The second-order valence-electron chi connectivity index (χ2n) is 11.1. The first kappa shape index (κ1) is 21.9. The lowest BCUT2D eigenvalue weighted by atomic mass is 9.82. The van der Waals surface area contributed by atoms with Crippen LogP contribution in [0.2, 0.25) is 0 Å². The number of nitrogens with zero attached hydrogens (tertiary/aromatic N) is 3. The largest absolute Gasteiger partial charge is 0.380 e. The topological polar surface area (TPSA) is 73.2 Å². The normalized spacial score (nSPS) is 26.9. The van der Waals surface area contributed by atoms with E-state index < -0.39 is 11.1 Å². The molecule has 1 spiro atoms. The molecule has 1 unspecified atom stereocenters. The van der Waals surface area contributed by atoms with Crippen LogP contribution in [0.4, 0.5) is 4.39 Å². The van der Waals surface area contributed by atoms with E-state index in [1.165, 1.54) is 5.57 Å². The molecule has 1 saturated heterocycles. The van der Waals surface area contributed by atoms with Crippen molar-refractivity contribution in [3.8, 4) is 0 Å². The first-order valence-corrected chi connectivity index (χ1v) is 12.8. The summed E-state index contributed by atoms with van der Waals surface area (Å²) in [5, 5.41) is 10.1. The number of aliphatic imine (C=N–C) groups is 1. The number of halogens is 1. The molecule has 7 rings (SSSR count). The summed E-state index contributed by atoms with van der Waals surface area (Å²) in [6, 6.07) is 5.24. The molecule has 2 aliphatic heterocycles. The van der Waals surface area contributed by atoms with Crippen molar-refractivity contribution < 1.29 is 19.1 Å². The average Bonchev–Trinajstić information content (AvgIpc) is 3.78. The van der Waals surface area contributed by atoms with Crippen LogP contribution >= 0.6 is 0 Å². The number of rotatable bonds is 5. The number of aliphatic hydroxyl groups is 1. The van der Waals surface area contributed by atoms with Gasteiger partial charge >= 0.3 is 0 Å². The number of likely N-dealkylation sites (tertiary alicyclic amines) is 1. The third-order valence-electron chi connectivity index (χ3n) is 8.42. The zero-order valence-electron chi connectivity index (χ0n) is 20.0. The van der Waals surface area contributed by atoms with Gasteiger partial charge in [-0.1, -0.05) is 42.5 Å². The Morgan fingerprint density at radius 1 is 1.14 bits per heavy atom. The van der Waals surface area contributed by atoms with E-state index in [1.807, 2.05) is 12.1 Å². The van der Waals surface area contributed by atoms with E-state index in [1.54, 1.807) is 21.9 Å². The van der Waals surface area contributed by atoms with Gasteiger partial charge < -0.3 is 10.0 Å². The van der Waals surface area contributed by atoms with Crippen molar-refractivity contribution >= 4 is 23.2 Å². The van der Waals surface area contributed by atoms with Gasteiger partial charge in [-0.2, -0.15) is 0 Å². The molecule has 7 heteroatoms. The molecular weight excluding hydrogens is 457 g/mol. The molecule has 36 heavy (non-hydrogen) atoms. The van der Waals surface area contributed by atoms with Gasteiger partial charge in [-0.3, -0.25) is 19.5 Å². The molecule has 6 aliphatic rings. The summed E-state index contributed by atoms with van der Waals surface area (Å²) in [6.07, 6.45) is 15.8. The lowest BCUT2D eigenvalue weighted by Crippen LogP contribution is -2.57. The number of carbonyl (C=O) groups excluding carboxylic acids is 2. The maximum Gasteiger partial charge on any atom is 0.256 e. The quantitative estimate of drug-likeness (QED) is 0.695. The molecular formula is C29H28FN3O3. The zero-order chi connectivity index (χ0) is 24.7. The number of fused-ring (bicyclic) bond motifs is 1. The molecule has 1 aromatic carbocycles. The van der Waals surface area contributed by atoms with Crippen LogP contribution in [-0.4, -0.2) is 63.3 Å².